The van der Waals surface area contributed by atoms with Crippen LogP contribution in [0.2, 0.25) is 0 Å². The number of carbonyl (C=O) groups is 1. The van der Waals surface area contributed by atoms with E-state index in [1.807, 2.05) is 0 Å². The third-order valence-electron chi connectivity index (χ3n) is 9.92. The van der Waals surface area contributed by atoms with Crippen molar-refractivity contribution < 1.29 is 4.79 Å². The van der Waals surface area contributed by atoms with E-state index in [4.69, 9.17) is 0 Å². The number of rotatable bonds is 7. The molecule has 3 atom stereocenters. The first-order valence-corrected chi connectivity index (χ1v) is 12.0. The molecule has 0 spiro atoms. The van der Waals surface area contributed by atoms with E-state index in [0.717, 1.165) is 60.7 Å². The van der Waals surface area contributed by atoms with Crippen molar-refractivity contribution >= 4 is 5.78 Å². The van der Waals surface area contributed by atoms with Gasteiger partial charge in [-0.3, -0.25) is 4.79 Å². The maximum atomic E-state index is 12.6. The fraction of sp³-hybridized carbons (Fsp3) is 0.960. The molecule has 0 heterocycles. The molecule has 0 aromatic carbocycles. The minimum Gasteiger partial charge on any atom is -0.300 e. The predicted molar refractivity (Wildman–Crippen MR) is 109 cm³/mol. The summed E-state index contributed by atoms with van der Waals surface area (Å²) in [4.78, 5) is 12.6. The van der Waals surface area contributed by atoms with E-state index < -0.39 is 0 Å². The van der Waals surface area contributed by atoms with Crippen molar-refractivity contribution in [3.63, 3.8) is 0 Å². The zero-order valence-corrected chi connectivity index (χ0v) is 17.6. The molecule has 3 unspecified atom stereocenters. The Morgan fingerprint density at radius 1 is 0.808 bits per heavy atom. The SMILES string of the molecule is CC1C2CCC(CC2)C1CCC(=O)CCCC1C2CCC(CC2)C1(C)C. The molecular formula is C25H42O. The second-order valence-corrected chi connectivity index (χ2v) is 11.2. The molecule has 6 saturated carbocycles. The van der Waals surface area contributed by atoms with Crippen LogP contribution in [-0.2, 0) is 4.79 Å². The lowest BCUT2D eigenvalue weighted by molar-refractivity contribution is -0.120. The van der Waals surface area contributed by atoms with E-state index in [1.165, 1.54) is 64.2 Å². The molecule has 0 aromatic heterocycles. The van der Waals surface area contributed by atoms with E-state index >= 15 is 0 Å². The quantitative estimate of drug-likeness (QED) is 0.477. The lowest BCUT2D eigenvalue weighted by Gasteiger charge is -2.54. The van der Waals surface area contributed by atoms with Crippen molar-refractivity contribution in [3.8, 4) is 0 Å². The van der Waals surface area contributed by atoms with Crippen LogP contribution < -0.4 is 0 Å². The van der Waals surface area contributed by atoms with Crippen LogP contribution in [0.1, 0.15) is 104 Å². The number of carbonyl (C=O) groups excluding carboxylic acids is 1. The van der Waals surface area contributed by atoms with Gasteiger partial charge in [-0.1, -0.05) is 20.8 Å². The maximum Gasteiger partial charge on any atom is 0.132 e. The Morgan fingerprint density at radius 2 is 1.42 bits per heavy atom. The maximum absolute atomic E-state index is 12.6. The van der Waals surface area contributed by atoms with Crippen molar-refractivity contribution in [2.45, 2.75) is 104 Å². The smallest absolute Gasteiger partial charge is 0.132 e. The molecule has 26 heavy (non-hydrogen) atoms. The third-order valence-corrected chi connectivity index (χ3v) is 9.92. The Bertz CT molecular complexity index is 488. The molecule has 1 nitrogen and oxygen atoms in total. The number of hydrogen-bond acceptors (Lipinski definition) is 1. The molecule has 0 amide bonds. The van der Waals surface area contributed by atoms with E-state index in [2.05, 4.69) is 20.8 Å². The van der Waals surface area contributed by atoms with Crippen LogP contribution in [0.3, 0.4) is 0 Å². The Balaban J connectivity index is 1.20. The van der Waals surface area contributed by atoms with Gasteiger partial charge in [0, 0.05) is 12.8 Å². The minimum absolute atomic E-state index is 0.529. The zero-order valence-electron chi connectivity index (χ0n) is 17.6. The highest BCUT2D eigenvalue weighted by atomic mass is 16.1. The summed E-state index contributed by atoms with van der Waals surface area (Å²) in [5.41, 5.74) is 0.529. The van der Waals surface area contributed by atoms with Crippen molar-refractivity contribution in [1.82, 2.24) is 0 Å². The molecule has 0 aliphatic heterocycles. The van der Waals surface area contributed by atoms with E-state index in [1.54, 1.807) is 0 Å². The normalized spacial score (nSPS) is 43.6. The summed E-state index contributed by atoms with van der Waals surface area (Å²) >= 11 is 0. The van der Waals surface area contributed by atoms with Crippen LogP contribution >= 0.6 is 0 Å². The van der Waals surface area contributed by atoms with Crippen LogP contribution in [0, 0.1) is 46.8 Å². The Labute approximate surface area is 162 Å². The summed E-state index contributed by atoms with van der Waals surface area (Å²) < 4.78 is 0. The first kappa shape index (κ1) is 19.0. The second kappa shape index (κ2) is 7.59. The summed E-state index contributed by atoms with van der Waals surface area (Å²) in [5, 5.41) is 0. The van der Waals surface area contributed by atoms with Gasteiger partial charge in [-0.25, -0.2) is 0 Å². The van der Waals surface area contributed by atoms with Gasteiger partial charge in [0.05, 0.1) is 0 Å². The molecule has 148 valence electrons. The summed E-state index contributed by atoms with van der Waals surface area (Å²) in [7, 11) is 0. The highest BCUT2D eigenvalue weighted by molar-refractivity contribution is 5.78. The van der Waals surface area contributed by atoms with Crippen LogP contribution in [0.5, 0.6) is 0 Å². The zero-order chi connectivity index (χ0) is 18.3. The fourth-order valence-electron chi connectivity index (χ4n) is 8.13. The number of fused-ring (bicyclic) bond motifs is 6. The molecule has 0 radical (unpaired) electrons. The molecule has 6 aliphatic carbocycles. The minimum atomic E-state index is 0.529. The summed E-state index contributed by atoms with van der Waals surface area (Å²) in [5.74, 6) is 7.04. The van der Waals surface area contributed by atoms with Gasteiger partial charge in [0.2, 0.25) is 0 Å². The highest BCUT2D eigenvalue weighted by Gasteiger charge is 2.48. The van der Waals surface area contributed by atoms with Gasteiger partial charge < -0.3 is 0 Å². The molecule has 6 rings (SSSR count). The Morgan fingerprint density at radius 3 is 2.04 bits per heavy atom. The standard InChI is InChI=1S/C25H42O/c1-17-18-7-9-19(10-8-18)23(17)16-15-22(26)5-4-6-24-20-11-13-21(14-12-20)25(24,2)3/h17-21,23-24H,4-16H2,1-3H3. The molecule has 0 aromatic rings. The van der Waals surface area contributed by atoms with Crippen molar-refractivity contribution in [3.05, 3.63) is 0 Å². The molecular weight excluding hydrogens is 316 g/mol. The first-order valence-electron chi connectivity index (χ1n) is 12.0. The topological polar surface area (TPSA) is 17.1 Å². The average molecular weight is 359 g/mol. The van der Waals surface area contributed by atoms with Crippen LogP contribution in [-0.4, -0.2) is 5.78 Å². The molecule has 0 N–H and O–H groups in total. The molecule has 0 saturated heterocycles. The average Bonchev–Trinajstić information content (AvgIpc) is 2.64. The second-order valence-electron chi connectivity index (χ2n) is 11.2. The summed E-state index contributed by atoms with van der Waals surface area (Å²) in [6.45, 7) is 7.52. The van der Waals surface area contributed by atoms with Gasteiger partial charge in [-0.2, -0.15) is 0 Å². The molecule has 1 heteroatoms. The van der Waals surface area contributed by atoms with Crippen LogP contribution in [0.15, 0.2) is 0 Å². The molecule has 6 fully saturated rings. The number of Topliss-reactive ketones (excluding diaryl/α,β-unsaturated/α-hetero) is 1. The Kier molecular flexibility index (Phi) is 5.55. The largest absolute Gasteiger partial charge is 0.300 e. The predicted octanol–water partition coefficient (Wildman–Crippen LogP) is 7.04. The third kappa shape index (κ3) is 3.53. The monoisotopic (exact) mass is 358 g/mol. The van der Waals surface area contributed by atoms with Gasteiger partial charge >= 0.3 is 0 Å². The molecule has 4 bridgehead atoms. The number of ketones is 1. The fourth-order valence-corrected chi connectivity index (χ4v) is 8.13. The van der Waals surface area contributed by atoms with E-state index in [9.17, 15) is 4.79 Å². The van der Waals surface area contributed by atoms with Crippen LogP contribution in [0.25, 0.3) is 0 Å². The van der Waals surface area contributed by atoms with E-state index in [-0.39, 0.29) is 0 Å². The first-order chi connectivity index (χ1) is 12.5. The van der Waals surface area contributed by atoms with Gasteiger partial charge in [0.25, 0.3) is 0 Å². The van der Waals surface area contributed by atoms with Gasteiger partial charge in [-0.15, -0.1) is 0 Å². The van der Waals surface area contributed by atoms with Gasteiger partial charge in [0.15, 0.2) is 0 Å². The van der Waals surface area contributed by atoms with Crippen LogP contribution in [0.4, 0.5) is 0 Å². The lowest BCUT2D eigenvalue weighted by Crippen LogP contribution is -2.46. The number of hydrogen-bond donors (Lipinski definition) is 0. The lowest BCUT2D eigenvalue weighted by atomic mass is 9.51. The van der Waals surface area contributed by atoms with Crippen molar-refractivity contribution in [2.75, 3.05) is 0 Å². The summed E-state index contributed by atoms with van der Waals surface area (Å²) in [6.07, 6.45) is 17.1. The molecule has 6 aliphatic rings. The van der Waals surface area contributed by atoms with Crippen molar-refractivity contribution in [2.24, 2.45) is 46.8 Å². The Hall–Kier alpha value is -0.330. The van der Waals surface area contributed by atoms with E-state index in [0.29, 0.717) is 11.2 Å². The summed E-state index contributed by atoms with van der Waals surface area (Å²) in [6, 6.07) is 0. The van der Waals surface area contributed by atoms with Gasteiger partial charge in [0.1, 0.15) is 5.78 Å². The highest BCUT2D eigenvalue weighted by Crippen LogP contribution is 2.57. The van der Waals surface area contributed by atoms with Crippen molar-refractivity contribution in [1.29, 1.82) is 0 Å². The van der Waals surface area contributed by atoms with Gasteiger partial charge in [-0.05, 0) is 117 Å².